The fourth-order valence-corrected chi connectivity index (χ4v) is 11.3. The van der Waals surface area contributed by atoms with Crippen LogP contribution < -0.4 is 0 Å². The van der Waals surface area contributed by atoms with Crippen molar-refractivity contribution in [3.8, 4) is 0 Å². The Hall–Kier alpha value is 0.0106. The first-order chi connectivity index (χ1) is 15.7. The molecule has 0 radical (unpaired) electrons. The van der Waals surface area contributed by atoms with Crippen LogP contribution in [0, 0.1) is 11.8 Å². The first kappa shape index (κ1) is 35.0. The highest BCUT2D eigenvalue weighted by Crippen LogP contribution is 2.39. The molecule has 6 atom stereocenters. The summed E-state index contributed by atoms with van der Waals surface area (Å²) in [6.45, 7) is 38.3. The minimum atomic E-state index is -1.87. The molecule has 2 unspecified atom stereocenters. The second-order valence-electron chi connectivity index (χ2n) is 13.6. The fourth-order valence-electron chi connectivity index (χ4n) is 4.79. The van der Waals surface area contributed by atoms with E-state index >= 15 is 0 Å². The molecule has 1 N–H and O–H groups in total. The van der Waals surface area contributed by atoms with Crippen molar-refractivity contribution in [2.24, 2.45) is 11.8 Å². The molecule has 0 aromatic rings. The highest BCUT2D eigenvalue weighted by Gasteiger charge is 2.42. The van der Waals surface area contributed by atoms with Crippen molar-refractivity contribution < 1.29 is 14.0 Å². The highest BCUT2D eigenvalue weighted by molar-refractivity contribution is 6.78. The topological polar surface area (TPSA) is 38.7 Å². The summed E-state index contributed by atoms with van der Waals surface area (Å²) in [7, 11) is -5.34. The zero-order valence-electron chi connectivity index (χ0n) is 26.2. The molecule has 0 fully saturated rings. The maximum atomic E-state index is 11.6. The van der Waals surface area contributed by atoms with Gasteiger partial charge in [-0.15, -0.1) is 6.58 Å². The van der Waals surface area contributed by atoms with Crippen molar-refractivity contribution in [1.82, 2.24) is 0 Å². The van der Waals surface area contributed by atoms with E-state index in [0.29, 0.717) is 0 Å². The van der Waals surface area contributed by atoms with E-state index < -0.39 is 30.8 Å². The highest BCUT2D eigenvalue weighted by atomic mass is 28.4. The SMILES string of the molecule is C=CC(C(O)[C@H](C)[C@@H](O[Si](CC)(CC)CC)/C(C)=C/[C@H](C)[C@@H](C)O[Si](C)(C)C(C)(C)C)[Si](C)(C)C. The number of hydrogen-bond donors (Lipinski definition) is 1. The lowest BCUT2D eigenvalue weighted by atomic mass is 9.89. The third-order valence-electron chi connectivity index (χ3n) is 8.95. The van der Waals surface area contributed by atoms with E-state index in [1.54, 1.807) is 0 Å². The Morgan fingerprint density at radius 3 is 1.71 bits per heavy atom. The van der Waals surface area contributed by atoms with E-state index in [9.17, 15) is 5.11 Å². The molecule has 0 heterocycles. The van der Waals surface area contributed by atoms with Gasteiger partial charge in [0.25, 0.3) is 0 Å². The molecule has 0 aliphatic heterocycles. The van der Waals surface area contributed by atoms with Gasteiger partial charge in [0.1, 0.15) is 0 Å². The lowest BCUT2D eigenvalue weighted by molar-refractivity contribution is 0.0466. The average Bonchev–Trinajstić information content (AvgIpc) is 2.72. The number of aliphatic hydroxyl groups excluding tert-OH is 1. The van der Waals surface area contributed by atoms with Crippen molar-refractivity contribution >= 4 is 24.7 Å². The Kier molecular flexibility index (Phi) is 13.7. The molecule has 0 aliphatic carbocycles. The van der Waals surface area contributed by atoms with Crippen LogP contribution in [0.3, 0.4) is 0 Å². The summed E-state index contributed by atoms with van der Waals surface area (Å²) in [5.41, 5.74) is 1.37. The number of aliphatic hydroxyl groups is 1. The average molecular weight is 543 g/mol. The van der Waals surface area contributed by atoms with Crippen molar-refractivity contribution in [3.63, 3.8) is 0 Å². The van der Waals surface area contributed by atoms with Gasteiger partial charge in [-0.05, 0) is 67.1 Å². The van der Waals surface area contributed by atoms with Gasteiger partial charge < -0.3 is 14.0 Å². The van der Waals surface area contributed by atoms with E-state index in [2.05, 4.69) is 115 Å². The molecule has 0 aromatic heterocycles. The van der Waals surface area contributed by atoms with E-state index in [0.717, 1.165) is 18.1 Å². The van der Waals surface area contributed by atoms with Crippen LogP contribution in [-0.4, -0.2) is 48.1 Å². The van der Waals surface area contributed by atoms with Crippen LogP contribution in [0.15, 0.2) is 24.3 Å². The normalized spacial score (nSPS) is 19.6. The zero-order valence-corrected chi connectivity index (χ0v) is 29.2. The summed E-state index contributed by atoms with van der Waals surface area (Å²) in [5, 5.41) is 11.8. The standard InChI is InChI=1S/C29H62O3Si3/c1-17-26(33(12,13)14)27(30)24(7)28(32-35(18-2,19-3)20-4)23(6)21-22(5)25(8)31-34(15,16)29(9,10)11/h17,21-22,24-28,30H,1,18-20H2,2-16H3/b23-21+/t22-,24-,25+,26?,27?,28-/m0/s1. The van der Waals surface area contributed by atoms with E-state index in [4.69, 9.17) is 8.85 Å². The zero-order chi connectivity index (χ0) is 28.0. The molecular formula is C29H62O3Si3. The van der Waals surface area contributed by atoms with Crippen molar-refractivity contribution in [3.05, 3.63) is 24.3 Å². The maximum absolute atomic E-state index is 11.6. The molecule has 3 nitrogen and oxygen atoms in total. The van der Waals surface area contributed by atoms with Crippen LogP contribution >= 0.6 is 0 Å². The molecule has 35 heavy (non-hydrogen) atoms. The van der Waals surface area contributed by atoms with Crippen LogP contribution in [-0.2, 0) is 8.85 Å². The van der Waals surface area contributed by atoms with Gasteiger partial charge in [-0.2, -0.15) is 0 Å². The van der Waals surface area contributed by atoms with Crippen LogP contribution in [0.4, 0.5) is 0 Å². The summed E-state index contributed by atoms with van der Waals surface area (Å²) in [4.78, 5) is 0. The molecule has 0 bridgehead atoms. The first-order valence-electron chi connectivity index (χ1n) is 14.1. The molecule has 0 aliphatic rings. The lowest BCUT2D eigenvalue weighted by Gasteiger charge is -2.42. The molecule has 0 saturated carbocycles. The summed E-state index contributed by atoms with van der Waals surface area (Å²) >= 11 is 0. The Morgan fingerprint density at radius 1 is 0.914 bits per heavy atom. The maximum Gasteiger partial charge on any atom is 0.192 e. The largest absolute Gasteiger partial charge is 0.414 e. The van der Waals surface area contributed by atoms with Crippen molar-refractivity contribution in [2.75, 3.05) is 0 Å². The smallest absolute Gasteiger partial charge is 0.192 e. The number of hydrogen-bond acceptors (Lipinski definition) is 3. The molecular weight excluding hydrogens is 481 g/mol. The second kappa shape index (κ2) is 13.7. The Morgan fingerprint density at radius 2 is 1.37 bits per heavy atom. The van der Waals surface area contributed by atoms with Crippen molar-refractivity contribution in [2.45, 2.75) is 149 Å². The summed E-state index contributed by atoms with van der Waals surface area (Å²) in [6, 6.07) is 3.31. The summed E-state index contributed by atoms with van der Waals surface area (Å²) in [6.07, 6.45) is 3.95. The van der Waals surface area contributed by atoms with Gasteiger partial charge in [0.2, 0.25) is 0 Å². The Bertz CT molecular complexity index is 663. The van der Waals surface area contributed by atoms with Gasteiger partial charge >= 0.3 is 0 Å². The van der Waals surface area contributed by atoms with Gasteiger partial charge in [0.15, 0.2) is 16.6 Å². The van der Waals surface area contributed by atoms with Gasteiger partial charge in [-0.25, -0.2) is 0 Å². The molecule has 0 amide bonds. The number of rotatable bonds is 15. The Labute approximate surface area is 223 Å². The van der Waals surface area contributed by atoms with E-state index in [1.165, 1.54) is 5.57 Å². The van der Waals surface area contributed by atoms with E-state index in [1.807, 2.05) is 6.08 Å². The summed E-state index contributed by atoms with van der Waals surface area (Å²) < 4.78 is 13.9. The minimum Gasteiger partial charge on any atom is -0.414 e. The molecule has 208 valence electrons. The van der Waals surface area contributed by atoms with Gasteiger partial charge in [0.05, 0.1) is 20.3 Å². The summed E-state index contributed by atoms with van der Waals surface area (Å²) in [5.74, 6) is 0.272. The predicted octanol–water partition coefficient (Wildman–Crippen LogP) is 9.26. The van der Waals surface area contributed by atoms with Gasteiger partial charge in [-0.1, -0.05) is 87.2 Å². The second-order valence-corrected chi connectivity index (χ2v) is 28.5. The minimum absolute atomic E-state index is 0.00122. The monoisotopic (exact) mass is 542 g/mol. The Balaban J connectivity index is 6.23. The quantitative estimate of drug-likeness (QED) is 0.165. The van der Waals surface area contributed by atoms with Crippen molar-refractivity contribution in [1.29, 1.82) is 0 Å². The first-order valence-corrected chi connectivity index (χ1v) is 23.1. The van der Waals surface area contributed by atoms with Gasteiger partial charge in [-0.3, -0.25) is 0 Å². The third kappa shape index (κ3) is 9.68. The fraction of sp³-hybridized carbons (Fsp3) is 0.862. The molecule has 0 saturated heterocycles. The third-order valence-corrected chi connectivity index (χ3v) is 20.7. The molecule has 0 aromatic carbocycles. The van der Waals surface area contributed by atoms with Gasteiger partial charge in [0, 0.05) is 12.0 Å². The molecule has 0 rings (SSSR count). The van der Waals surface area contributed by atoms with E-state index in [-0.39, 0.29) is 34.6 Å². The van der Waals surface area contributed by atoms with Crippen LogP contribution in [0.2, 0.25) is 61.4 Å². The molecule has 0 spiro atoms. The van der Waals surface area contributed by atoms with Crippen LogP contribution in [0.1, 0.15) is 69.2 Å². The van der Waals surface area contributed by atoms with Crippen LogP contribution in [0.25, 0.3) is 0 Å². The predicted molar refractivity (Wildman–Crippen MR) is 165 cm³/mol. The lowest BCUT2D eigenvalue weighted by Crippen LogP contribution is -2.48. The van der Waals surface area contributed by atoms with Crippen LogP contribution in [0.5, 0.6) is 0 Å². The molecule has 6 heteroatoms.